The highest BCUT2D eigenvalue weighted by Gasteiger charge is 2.35. The van der Waals surface area contributed by atoms with Gasteiger partial charge in [-0.25, -0.2) is 0 Å². The van der Waals surface area contributed by atoms with Gasteiger partial charge in [0.05, 0.1) is 5.54 Å². The van der Waals surface area contributed by atoms with Crippen LogP contribution >= 0.6 is 0 Å². The zero-order chi connectivity index (χ0) is 14.8. The van der Waals surface area contributed by atoms with Crippen molar-refractivity contribution in [2.45, 2.75) is 39.2 Å². The van der Waals surface area contributed by atoms with Crippen molar-refractivity contribution in [1.29, 1.82) is 0 Å². The number of benzene rings is 2. The molecule has 1 nitrogen and oxygen atoms in total. The van der Waals surface area contributed by atoms with Crippen LogP contribution in [0.25, 0.3) is 0 Å². The van der Waals surface area contributed by atoms with Crippen LogP contribution < -0.4 is 5.73 Å². The van der Waals surface area contributed by atoms with E-state index < -0.39 is 5.54 Å². The van der Waals surface area contributed by atoms with Gasteiger partial charge in [0.25, 0.3) is 0 Å². The lowest BCUT2D eigenvalue weighted by molar-refractivity contribution is 0.379. The fourth-order valence-corrected chi connectivity index (χ4v) is 2.89. The molecule has 0 spiro atoms. The molecular weight excluding hydrogens is 242 g/mol. The highest BCUT2D eigenvalue weighted by atomic mass is 14.8. The summed E-state index contributed by atoms with van der Waals surface area (Å²) < 4.78 is 0. The Morgan fingerprint density at radius 2 is 1.35 bits per heavy atom. The van der Waals surface area contributed by atoms with Crippen LogP contribution in [0.1, 0.15) is 50.3 Å². The van der Waals surface area contributed by atoms with Crippen molar-refractivity contribution >= 4 is 0 Å². The normalized spacial score (nSPS) is 14.6. The Labute approximate surface area is 122 Å². The molecule has 0 aliphatic rings. The van der Waals surface area contributed by atoms with Gasteiger partial charge in [0.15, 0.2) is 0 Å². The lowest BCUT2D eigenvalue weighted by atomic mass is 9.72. The summed E-state index contributed by atoms with van der Waals surface area (Å²) in [6.07, 6.45) is 0. The van der Waals surface area contributed by atoms with Crippen LogP contribution in [-0.2, 0) is 5.54 Å². The molecule has 2 aromatic carbocycles. The highest BCUT2D eigenvalue weighted by Crippen LogP contribution is 2.38. The van der Waals surface area contributed by atoms with Gasteiger partial charge in [0.1, 0.15) is 0 Å². The van der Waals surface area contributed by atoms with E-state index in [1.165, 1.54) is 16.7 Å². The van der Waals surface area contributed by atoms with Crippen molar-refractivity contribution in [3.05, 3.63) is 71.3 Å². The Balaban J connectivity index is 2.67. The van der Waals surface area contributed by atoms with E-state index in [2.05, 4.69) is 76.2 Å². The molecule has 1 atom stereocenters. The Kier molecular flexibility index (Phi) is 4.29. The van der Waals surface area contributed by atoms with E-state index in [1.807, 2.05) is 6.07 Å². The molecule has 0 saturated heterocycles. The van der Waals surface area contributed by atoms with E-state index in [0.717, 1.165) is 0 Å². The average Bonchev–Trinajstić information content (AvgIpc) is 2.47. The predicted molar refractivity (Wildman–Crippen MR) is 86.8 cm³/mol. The first kappa shape index (κ1) is 14.8. The third kappa shape index (κ3) is 2.51. The third-order valence-corrected chi connectivity index (χ3v) is 4.19. The topological polar surface area (TPSA) is 26.0 Å². The van der Waals surface area contributed by atoms with Crippen molar-refractivity contribution in [3.8, 4) is 0 Å². The second-order valence-corrected chi connectivity index (χ2v) is 6.13. The van der Waals surface area contributed by atoms with Gasteiger partial charge >= 0.3 is 0 Å². The Morgan fingerprint density at radius 3 is 1.90 bits per heavy atom. The highest BCUT2D eigenvalue weighted by molar-refractivity contribution is 5.44. The van der Waals surface area contributed by atoms with Gasteiger partial charge in [0.2, 0.25) is 0 Å². The SMILES string of the molecule is CC(C)c1ccccc1C(N)(c1ccccc1)C(C)C. The Morgan fingerprint density at radius 1 is 0.800 bits per heavy atom. The zero-order valence-corrected chi connectivity index (χ0v) is 12.9. The number of hydrogen-bond acceptors (Lipinski definition) is 1. The van der Waals surface area contributed by atoms with Crippen LogP contribution in [0, 0.1) is 5.92 Å². The summed E-state index contributed by atoms with van der Waals surface area (Å²) in [6, 6.07) is 19.0. The lowest BCUT2D eigenvalue weighted by Gasteiger charge is -2.37. The van der Waals surface area contributed by atoms with Gasteiger partial charge in [0, 0.05) is 0 Å². The van der Waals surface area contributed by atoms with Gasteiger partial charge < -0.3 is 5.73 Å². The van der Waals surface area contributed by atoms with E-state index in [1.54, 1.807) is 0 Å². The third-order valence-electron chi connectivity index (χ3n) is 4.19. The molecule has 0 aliphatic heterocycles. The minimum Gasteiger partial charge on any atom is -0.317 e. The maximum absolute atomic E-state index is 6.92. The quantitative estimate of drug-likeness (QED) is 0.856. The fraction of sp³-hybridized carbons (Fsp3) is 0.368. The van der Waals surface area contributed by atoms with E-state index in [4.69, 9.17) is 5.73 Å². The largest absolute Gasteiger partial charge is 0.317 e. The molecule has 1 unspecified atom stereocenters. The van der Waals surface area contributed by atoms with Gasteiger partial charge in [-0.15, -0.1) is 0 Å². The van der Waals surface area contributed by atoms with Gasteiger partial charge in [-0.1, -0.05) is 82.3 Å². The number of hydrogen-bond donors (Lipinski definition) is 1. The molecule has 0 amide bonds. The summed E-state index contributed by atoms with van der Waals surface area (Å²) in [7, 11) is 0. The van der Waals surface area contributed by atoms with E-state index >= 15 is 0 Å². The van der Waals surface area contributed by atoms with Crippen LogP contribution in [0.5, 0.6) is 0 Å². The standard InChI is InChI=1S/C19H25N/c1-14(2)17-12-8-9-13-18(17)19(20,15(3)4)16-10-6-5-7-11-16/h5-15H,20H2,1-4H3. The Hall–Kier alpha value is -1.60. The van der Waals surface area contributed by atoms with Crippen LogP contribution in [-0.4, -0.2) is 0 Å². The molecule has 20 heavy (non-hydrogen) atoms. The first-order valence-corrected chi connectivity index (χ1v) is 7.41. The summed E-state index contributed by atoms with van der Waals surface area (Å²) >= 11 is 0. The molecule has 0 radical (unpaired) electrons. The maximum Gasteiger partial charge on any atom is 0.0691 e. The van der Waals surface area contributed by atoms with Crippen LogP contribution in [0.4, 0.5) is 0 Å². The molecule has 0 fully saturated rings. The molecule has 0 aliphatic carbocycles. The molecule has 2 aromatic rings. The second kappa shape index (κ2) is 5.80. The minimum atomic E-state index is -0.442. The number of nitrogens with two attached hydrogens (primary N) is 1. The van der Waals surface area contributed by atoms with Crippen molar-refractivity contribution in [3.63, 3.8) is 0 Å². The van der Waals surface area contributed by atoms with Crippen molar-refractivity contribution in [2.24, 2.45) is 11.7 Å². The van der Waals surface area contributed by atoms with Crippen molar-refractivity contribution < 1.29 is 0 Å². The van der Waals surface area contributed by atoms with Crippen LogP contribution in [0.15, 0.2) is 54.6 Å². The number of rotatable bonds is 4. The molecule has 2 N–H and O–H groups in total. The maximum atomic E-state index is 6.92. The molecule has 0 aromatic heterocycles. The molecule has 0 bridgehead atoms. The summed E-state index contributed by atoms with van der Waals surface area (Å²) in [5.41, 5.74) is 10.2. The van der Waals surface area contributed by atoms with Gasteiger partial charge in [-0.3, -0.25) is 0 Å². The van der Waals surface area contributed by atoms with Crippen molar-refractivity contribution in [2.75, 3.05) is 0 Å². The van der Waals surface area contributed by atoms with Crippen LogP contribution in [0.3, 0.4) is 0 Å². The summed E-state index contributed by atoms with van der Waals surface area (Å²) in [5, 5.41) is 0. The zero-order valence-electron chi connectivity index (χ0n) is 12.9. The second-order valence-electron chi connectivity index (χ2n) is 6.13. The first-order chi connectivity index (χ1) is 9.48. The predicted octanol–water partition coefficient (Wildman–Crippen LogP) is 4.67. The first-order valence-electron chi connectivity index (χ1n) is 7.41. The van der Waals surface area contributed by atoms with Crippen molar-refractivity contribution in [1.82, 2.24) is 0 Å². The molecule has 2 rings (SSSR count). The van der Waals surface area contributed by atoms with Gasteiger partial charge in [-0.2, -0.15) is 0 Å². The van der Waals surface area contributed by atoms with E-state index in [0.29, 0.717) is 11.8 Å². The minimum absolute atomic E-state index is 0.324. The van der Waals surface area contributed by atoms with Crippen LogP contribution in [0.2, 0.25) is 0 Å². The van der Waals surface area contributed by atoms with E-state index in [-0.39, 0.29) is 0 Å². The summed E-state index contributed by atoms with van der Waals surface area (Å²) in [5.74, 6) is 0.793. The summed E-state index contributed by atoms with van der Waals surface area (Å²) in [6.45, 7) is 8.85. The molecule has 0 heterocycles. The molecule has 106 valence electrons. The molecule has 1 heteroatoms. The lowest BCUT2D eigenvalue weighted by Crippen LogP contribution is -2.44. The fourth-order valence-electron chi connectivity index (χ4n) is 2.89. The monoisotopic (exact) mass is 267 g/mol. The van der Waals surface area contributed by atoms with E-state index in [9.17, 15) is 0 Å². The average molecular weight is 267 g/mol. The van der Waals surface area contributed by atoms with Gasteiger partial charge in [-0.05, 0) is 28.5 Å². The molecular formula is C19H25N. The summed E-state index contributed by atoms with van der Waals surface area (Å²) in [4.78, 5) is 0. The Bertz CT molecular complexity index is 557. The smallest absolute Gasteiger partial charge is 0.0691 e. The molecule has 0 saturated carbocycles.